The van der Waals surface area contributed by atoms with Crippen molar-refractivity contribution < 1.29 is 13.2 Å². The predicted octanol–water partition coefficient (Wildman–Crippen LogP) is 4.00. The maximum absolute atomic E-state index is 13.8. The van der Waals surface area contributed by atoms with Crippen LogP contribution in [0.25, 0.3) is 0 Å². The van der Waals surface area contributed by atoms with Crippen LogP contribution < -0.4 is 9.81 Å². The molecule has 0 saturated carbocycles. The Hall–Kier alpha value is -1.09. The summed E-state index contributed by atoms with van der Waals surface area (Å²) in [5.74, 6) is -1.53. The molecule has 0 aromatic heterocycles. The van der Waals surface area contributed by atoms with E-state index < -0.39 is 33.8 Å². The van der Waals surface area contributed by atoms with Crippen molar-refractivity contribution in [2.75, 3.05) is 0 Å². The molecule has 124 valence electrons. The molecule has 0 fully saturated rings. The summed E-state index contributed by atoms with van der Waals surface area (Å²) in [6.07, 6.45) is 0. The molecule has 3 aromatic rings. The van der Waals surface area contributed by atoms with Crippen LogP contribution >= 0.6 is 17.0 Å². The van der Waals surface area contributed by atoms with Crippen molar-refractivity contribution in [1.82, 2.24) is 0 Å². The second-order valence-electron chi connectivity index (χ2n) is 5.35. The minimum atomic E-state index is -5.43. The molecule has 0 unspecified atom stereocenters. The summed E-state index contributed by atoms with van der Waals surface area (Å²) < 4.78 is 42.6. The molecular weight excluding hydrogens is 553 g/mol. The molecule has 0 radical (unpaired) electrons. The molecule has 0 aliphatic heterocycles. The van der Waals surface area contributed by atoms with Gasteiger partial charge in [0.15, 0.2) is 0 Å². The molecule has 0 saturated heterocycles. The Labute approximate surface area is 146 Å². The summed E-state index contributed by atoms with van der Waals surface area (Å²) in [5.41, 5.74) is 0. The van der Waals surface area contributed by atoms with Crippen molar-refractivity contribution >= 4 is 43.2 Å². The summed E-state index contributed by atoms with van der Waals surface area (Å²) in [4.78, 5) is 0. The van der Waals surface area contributed by atoms with Gasteiger partial charge in [0.2, 0.25) is 0 Å². The van der Waals surface area contributed by atoms with E-state index in [1.807, 2.05) is 0 Å². The van der Waals surface area contributed by atoms with Gasteiger partial charge >= 0.3 is 147 Å². The molecule has 0 nitrogen and oxygen atoms in total. The first-order valence-electron chi connectivity index (χ1n) is 7.04. The third kappa shape index (κ3) is 2.96. The first-order valence-corrected chi connectivity index (χ1v) is 20.8. The zero-order valence-corrected chi connectivity index (χ0v) is 17.3. The zero-order valence-electron chi connectivity index (χ0n) is 12.3. The van der Waals surface area contributed by atoms with Crippen LogP contribution in [0.2, 0.25) is 0 Å². The number of benzene rings is 3. The van der Waals surface area contributed by atoms with Gasteiger partial charge in [0.25, 0.3) is 0 Å². The molecule has 0 spiro atoms. The standard InChI is InChI=1S/3C6H4F.Bi.2ClH/c3*7-6-4-2-1-3-5-6;;;/h3*1-2,4-5H;;2*1H/q;;;+2;;/p-2. The van der Waals surface area contributed by atoms with Crippen molar-refractivity contribution in [3.8, 4) is 0 Å². The minimum absolute atomic E-state index is 0.362. The Bertz CT molecular complexity index is 794. The summed E-state index contributed by atoms with van der Waals surface area (Å²) >= 11 is -5.43. The van der Waals surface area contributed by atoms with E-state index in [9.17, 15) is 13.2 Å². The van der Waals surface area contributed by atoms with E-state index in [4.69, 9.17) is 17.0 Å². The van der Waals surface area contributed by atoms with Gasteiger partial charge in [-0.2, -0.15) is 0 Å². The van der Waals surface area contributed by atoms with Gasteiger partial charge in [0.05, 0.1) is 0 Å². The van der Waals surface area contributed by atoms with E-state index in [-0.39, 0.29) is 0 Å². The maximum atomic E-state index is 13.8. The van der Waals surface area contributed by atoms with Gasteiger partial charge in [-0.15, -0.1) is 0 Å². The van der Waals surface area contributed by atoms with Crippen molar-refractivity contribution in [3.05, 3.63) is 90.2 Å². The average Bonchev–Trinajstić information content (AvgIpc) is 2.55. The van der Waals surface area contributed by atoms with Crippen LogP contribution in [0.4, 0.5) is 13.2 Å². The first kappa shape index (κ1) is 17.7. The van der Waals surface area contributed by atoms with Crippen LogP contribution in [0.5, 0.6) is 0 Å². The molecule has 3 rings (SSSR count). The first-order chi connectivity index (χ1) is 11.3. The number of rotatable bonds is 3. The van der Waals surface area contributed by atoms with E-state index in [2.05, 4.69) is 0 Å². The van der Waals surface area contributed by atoms with Crippen molar-refractivity contribution in [2.45, 2.75) is 0 Å². The Morgan fingerprint density at radius 1 is 0.542 bits per heavy atom. The van der Waals surface area contributed by atoms with Crippen LogP contribution in [0, 0.1) is 17.5 Å². The molecule has 0 amide bonds. The van der Waals surface area contributed by atoms with Gasteiger partial charge in [0.1, 0.15) is 0 Å². The number of hydrogen-bond acceptors (Lipinski definition) is 0. The average molecular weight is 565 g/mol. The van der Waals surface area contributed by atoms with Crippen LogP contribution in [-0.2, 0) is 0 Å². The predicted molar refractivity (Wildman–Crippen MR) is 95.6 cm³/mol. The zero-order chi connectivity index (χ0) is 17.4. The van der Waals surface area contributed by atoms with E-state index >= 15 is 0 Å². The molecule has 6 heteroatoms. The van der Waals surface area contributed by atoms with Crippen LogP contribution in [-0.4, -0.2) is 16.4 Å². The van der Waals surface area contributed by atoms with E-state index in [1.165, 1.54) is 54.6 Å². The van der Waals surface area contributed by atoms with Crippen molar-refractivity contribution in [3.63, 3.8) is 0 Å². The molecule has 0 atom stereocenters. The van der Waals surface area contributed by atoms with E-state index in [1.54, 1.807) is 18.2 Å². The SMILES string of the molecule is Fc1ccc[c]([Bi]([Cl])([Cl])([c]2cccc(F)c2)[c]2cccc(F)c2)c1. The Balaban J connectivity index is 2.41. The van der Waals surface area contributed by atoms with Gasteiger partial charge < -0.3 is 0 Å². The molecule has 0 aliphatic carbocycles. The molecular formula is C18H12BiCl2F3. The summed E-state index contributed by atoms with van der Waals surface area (Å²) in [5, 5.41) is 0. The van der Waals surface area contributed by atoms with Crippen molar-refractivity contribution in [1.29, 1.82) is 0 Å². The summed E-state index contributed by atoms with van der Waals surface area (Å²) in [6, 6.07) is 16.8. The van der Waals surface area contributed by atoms with Gasteiger partial charge in [0, 0.05) is 0 Å². The van der Waals surface area contributed by atoms with E-state index in [0.29, 0.717) is 9.81 Å². The third-order valence-corrected chi connectivity index (χ3v) is 27.9. The Kier molecular flexibility index (Phi) is 4.67. The molecule has 24 heavy (non-hydrogen) atoms. The number of halogens is 5. The fourth-order valence-corrected chi connectivity index (χ4v) is 19.8. The van der Waals surface area contributed by atoms with Crippen molar-refractivity contribution in [2.24, 2.45) is 0 Å². The fraction of sp³-hybridized carbons (Fsp3) is 0. The molecule has 0 heterocycles. The molecule has 0 bridgehead atoms. The second kappa shape index (κ2) is 6.33. The van der Waals surface area contributed by atoms with Crippen LogP contribution in [0.3, 0.4) is 0 Å². The quantitative estimate of drug-likeness (QED) is 0.422. The summed E-state index contributed by atoms with van der Waals surface area (Å²) in [7, 11) is 14.1. The van der Waals surface area contributed by atoms with Gasteiger partial charge in [-0.25, -0.2) is 0 Å². The fourth-order valence-electron chi connectivity index (χ4n) is 2.61. The van der Waals surface area contributed by atoms with Gasteiger partial charge in [-0.05, 0) is 0 Å². The Morgan fingerprint density at radius 2 is 0.833 bits per heavy atom. The normalized spacial score (nSPS) is 13.3. The topological polar surface area (TPSA) is 0 Å². The summed E-state index contributed by atoms with van der Waals surface area (Å²) in [6.45, 7) is 0. The molecule has 0 N–H and O–H groups in total. The third-order valence-electron chi connectivity index (χ3n) is 3.78. The molecule has 0 aliphatic rings. The van der Waals surface area contributed by atoms with Crippen LogP contribution in [0.1, 0.15) is 0 Å². The monoisotopic (exact) mass is 564 g/mol. The number of hydrogen-bond donors (Lipinski definition) is 0. The second-order valence-corrected chi connectivity index (χ2v) is 31.8. The van der Waals surface area contributed by atoms with E-state index in [0.717, 1.165) is 0 Å². The van der Waals surface area contributed by atoms with Gasteiger partial charge in [-0.3, -0.25) is 0 Å². The Morgan fingerprint density at radius 3 is 1.08 bits per heavy atom. The van der Waals surface area contributed by atoms with Gasteiger partial charge in [-0.1, -0.05) is 0 Å². The van der Waals surface area contributed by atoms with Crippen LogP contribution in [0.15, 0.2) is 72.8 Å². The molecule has 3 aromatic carbocycles.